The summed E-state index contributed by atoms with van der Waals surface area (Å²) in [7, 11) is -4.94. The van der Waals surface area contributed by atoms with Crippen molar-refractivity contribution in [3.63, 3.8) is 0 Å². The molecular formula is C47H41O7P. The maximum absolute atomic E-state index is 13.0. The lowest BCUT2D eigenvalue weighted by Crippen LogP contribution is -2.25. The van der Waals surface area contributed by atoms with Crippen LogP contribution < -0.4 is 9.26 Å². The summed E-state index contributed by atoms with van der Waals surface area (Å²) in [5.41, 5.74) is 20.3. The second kappa shape index (κ2) is 10.8. The van der Waals surface area contributed by atoms with Crippen LogP contribution in [-0.2, 0) is 9.30 Å². The van der Waals surface area contributed by atoms with Crippen molar-refractivity contribution in [3.8, 4) is 11.5 Å². The Bertz CT molecular complexity index is 2470. The van der Waals surface area contributed by atoms with E-state index in [2.05, 4.69) is 72.8 Å². The number of hydrogen-bond donors (Lipinski definition) is 3. The van der Waals surface area contributed by atoms with Crippen molar-refractivity contribution in [1.29, 1.82) is 0 Å². The van der Waals surface area contributed by atoms with Crippen molar-refractivity contribution in [2.75, 3.05) is 19.8 Å². The molecule has 8 bridgehead atoms. The Morgan fingerprint density at radius 3 is 1.25 bits per heavy atom. The number of ether oxygens (including phenoxy) is 2. The maximum Gasteiger partial charge on any atom is 0.524 e. The number of aliphatic hydroxyl groups is 1. The van der Waals surface area contributed by atoms with Gasteiger partial charge in [0.05, 0.1) is 6.61 Å². The van der Waals surface area contributed by atoms with Crippen LogP contribution in [0.1, 0.15) is 169 Å². The molecular weight excluding hydrogens is 707 g/mol. The minimum absolute atomic E-state index is 0.00369. The quantitative estimate of drug-likeness (QED) is 0.136. The van der Waals surface area contributed by atoms with Crippen molar-refractivity contribution in [2.45, 2.75) is 86.1 Å². The first kappa shape index (κ1) is 31.9. The molecule has 0 aliphatic heterocycles. The van der Waals surface area contributed by atoms with E-state index >= 15 is 0 Å². The predicted molar refractivity (Wildman–Crippen MR) is 206 cm³/mol. The van der Waals surface area contributed by atoms with Crippen LogP contribution in [0.3, 0.4) is 0 Å². The Kier molecular flexibility index (Phi) is 6.26. The summed E-state index contributed by atoms with van der Waals surface area (Å²) in [5, 5.41) is 11.0. The van der Waals surface area contributed by atoms with E-state index in [9.17, 15) is 19.5 Å². The summed E-state index contributed by atoms with van der Waals surface area (Å²) in [4.78, 5) is 21.2. The van der Waals surface area contributed by atoms with Gasteiger partial charge in [0.2, 0.25) is 0 Å². The Labute approximate surface area is 319 Å². The molecule has 9 unspecified atom stereocenters. The predicted octanol–water partition coefficient (Wildman–Crippen LogP) is 8.86. The molecule has 55 heavy (non-hydrogen) atoms. The monoisotopic (exact) mass is 748 g/mol. The average Bonchev–Trinajstić information content (AvgIpc) is 4.06. The Hall–Kier alpha value is -4.23. The van der Waals surface area contributed by atoms with Gasteiger partial charge >= 0.3 is 7.82 Å². The highest BCUT2D eigenvalue weighted by Gasteiger charge is 2.56. The lowest BCUT2D eigenvalue weighted by Gasteiger charge is -2.33. The first-order valence-electron chi connectivity index (χ1n) is 20.2. The fourth-order valence-corrected chi connectivity index (χ4v) is 13.7. The van der Waals surface area contributed by atoms with E-state index in [0.29, 0.717) is 36.0 Å². The van der Waals surface area contributed by atoms with Crippen molar-refractivity contribution in [2.24, 2.45) is 0 Å². The molecule has 0 heterocycles. The molecule has 9 atom stereocenters. The normalized spacial score (nSPS) is 28.4. The molecule has 7 nitrogen and oxygen atoms in total. The molecule has 8 aliphatic rings. The van der Waals surface area contributed by atoms with E-state index in [1.165, 1.54) is 66.8 Å². The maximum atomic E-state index is 13.0. The topological polar surface area (TPSA) is 105 Å². The highest BCUT2D eigenvalue weighted by atomic mass is 31.2. The summed E-state index contributed by atoms with van der Waals surface area (Å²) in [6.45, 7) is 2.67. The van der Waals surface area contributed by atoms with Crippen molar-refractivity contribution in [3.05, 3.63) is 162 Å². The third-order valence-corrected chi connectivity index (χ3v) is 15.5. The molecule has 0 amide bonds. The zero-order valence-corrected chi connectivity index (χ0v) is 31.4. The number of phosphoric ester groups is 1. The molecule has 0 spiro atoms. The van der Waals surface area contributed by atoms with E-state index in [0.717, 1.165) is 53.7 Å². The number of aliphatic hydroxyl groups excluding tert-OH is 1. The van der Waals surface area contributed by atoms with Gasteiger partial charge in [-0.25, -0.2) is 4.57 Å². The van der Waals surface area contributed by atoms with E-state index in [1.54, 1.807) is 0 Å². The van der Waals surface area contributed by atoms with Gasteiger partial charge in [0, 0.05) is 76.2 Å². The standard InChI is InChI=1S/C47H41O7P/c1-2-52-19-21(48)20-53-46-42-38-17-40(36-15-32-28-11-26(30(32)13-34(36)38)22-7-3-5-9-24(22)28)44(42)47(54-55(49,50)51)45-41-18-39(43(45)46)35-14-31-27-12-29(33(31)16-37(35)41)25-10-6-4-8-23(25)27/h3-10,13-16,21,26-29,38-41,48H,2,11-12,17-20H2,1H3,(H2,49,50,51). The number of hydrogen-bond acceptors (Lipinski definition) is 5. The molecule has 8 aliphatic carbocycles. The lowest BCUT2D eigenvalue weighted by molar-refractivity contribution is 0.0160. The van der Waals surface area contributed by atoms with Gasteiger partial charge in [-0.15, -0.1) is 0 Å². The number of benzene rings is 5. The minimum atomic E-state index is -4.94. The van der Waals surface area contributed by atoms with Gasteiger partial charge < -0.3 is 19.1 Å². The molecule has 8 heteroatoms. The van der Waals surface area contributed by atoms with Gasteiger partial charge in [-0.2, -0.15) is 0 Å². The molecule has 3 N–H and O–H groups in total. The van der Waals surface area contributed by atoms with Crippen molar-refractivity contribution >= 4 is 7.82 Å². The highest BCUT2D eigenvalue weighted by molar-refractivity contribution is 7.46. The Morgan fingerprint density at radius 1 is 0.545 bits per heavy atom. The zero-order chi connectivity index (χ0) is 36.6. The molecule has 0 radical (unpaired) electrons. The van der Waals surface area contributed by atoms with Crippen molar-refractivity contribution < 1.29 is 33.5 Å². The molecule has 0 saturated carbocycles. The summed E-state index contributed by atoms with van der Waals surface area (Å²) in [6, 6.07) is 27.5. The van der Waals surface area contributed by atoms with Crippen LogP contribution >= 0.6 is 7.82 Å². The van der Waals surface area contributed by atoms with E-state index < -0.39 is 13.9 Å². The smallest absolute Gasteiger partial charge is 0.490 e. The zero-order valence-electron chi connectivity index (χ0n) is 30.5. The third-order valence-electron chi connectivity index (χ3n) is 15.1. The van der Waals surface area contributed by atoms with E-state index in [4.69, 9.17) is 14.0 Å². The largest absolute Gasteiger partial charge is 0.524 e. The molecule has 5 aromatic carbocycles. The molecule has 276 valence electrons. The Balaban J connectivity index is 0.999. The van der Waals surface area contributed by atoms with Gasteiger partial charge in [0.25, 0.3) is 0 Å². The number of rotatable bonds is 8. The highest BCUT2D eigenvalue weighted by Crippen LogP contribution is 2.72. The molecule has 0 aromatic heterocycles. The summed E-state index contributed by atoms with van der Waals surface area (Å²) < 4.78 is 31.4. The summed E-state index contributed by atoms with van der Waals surface area (Å²) in [6.07, 6.45) is 3.02. The number of phosphoric acid groups is 1. The molecule has 0 fully saturated rings. The first-order valence-corrected chi connectivity index (χ1v) is 21.7. The van der Waals surface area contributed by atoms with Crippen LogP contribution in [-0.4, -0.2) is 40.8 Å². The van der Waals surface area contributed by atoms with Crippen LogP contribution in [0, 0.1) is 0 Å². The van der Waals surface area contributed by atoms with Crippen LogP contribution in [0.15, 0.2) is 72.8 Å². The lowest BCUT2D eigenvalue weighted by atomic mass is 9.74. The van der Waals surface area contributed by atoms with E-state index in [1.807, 2.05) is 6.92 Å². The fraction of sp³-hybridized carbons (Fsp3) is 0.362. The number of fused-ring (bicyclic) bond motifs is 32. The van der Waals surface area contributed by atoms with Gasteiger partial charge in [0.15, 0.2) is 0 Å². The van der Waals surface area contributed by atoms with Gasteiger partial charge in [0.1, 0.15) is 24.2 Å². The second-order valence-electron chi connectivity index (χ2n) is 17.4. The molecule has 13 rings (SSSR count). The summed E-state index contributed by atoms with van der Waals surface area (Å²) in [5.74, 6) is 2.59. The minimum Gasteiger partial charge on any atom is -0.490 e. The van der Waals surface area contributed by atoms with Gasteiger partial charge in [-0.3, -0.25) is 9.79 Å². The average molecular weight is 749 g/mol. The van der Waals surface area contributed by atoms with Crippen LogP contribution in [0.25, 0.3) is 0 Å². The van der Waals surface area contributed by atoms with Gasteiger partial charge in [-0.1, -0.05) is 72.8 Å². The van der Waals surface area contributed by atoms with Crippen LogP contribution in [0.2, 0.25) is 0 Å². The van der Waals surface area contributed by atoms with E-state index in [-0.39, 0.29) is 36.9 Å². The fourth-order valence-electron chi connectivity index (χ4n) is 13.3. The first-order chi connectivity index (χ1) is 26.8. The van der Waals surface area contributed by atoms with Crippen LogP contribution in [0.5, 0.6) is 11.5 Å². The Morgan fingerprint density at radius 2 is 0.891 bits per heavy atom. The van der Waals surface area contributed by atoms with Crippen molar-refractivity contribution in [1.82, 2.24) is 0 Å². The summed E-state index contributed by atoms with van der Waals surface area (Å²) >= 11 is 0. The molecule has 5 aromatic rings. The second-order valence-corrected chi connectivity index (χ2v) is 18.5. The third kappa shape index (κ3) is 4.04. The van der Waals surface area contributed by atoms with Crippen LogP contribution in [0.4, 0.5) is 0 Å². The SMILES string of the molecule is CCOCC(O)COc1c2c(c(OP(=O)(O)O)c3c1C1CC3c3cc4c(cc31)C1CC4c3ccccc31)C1CC2c2cc3c(cc21)C1CC3c2ccccc21. The van der Waals surface area contributed by atoms with Gasteiger partial charge in [-0.05, 0) is 99.4 Å². The molecule has 0 saturated heterocycles.